The van der Waals surface area contributed by atoms with Gasteiger partial charge in [0.1, 0.15) is 5.82 Å². The highest BCUT2D eigenvalue weighted by atomic mass is 35.5. The molecule has 0 fully saturated rings. The Kier molecular flexibility index (Phi) is 5.94. The Morgan fingerprint density at radius 1 is 1.41 bits per heavy atom. The van der Waals surface area contributed by atoms with E-state index in [-0.39, 0.29) is 24.3 Å². The monoisotopic (exact) mass is 406 g/mol. The summed E-state index contributed by atoms with van der Waals surface area (Å²) in [6.07, 6.45) is 0.539. The molecule has 0 radical (unpaired) electrons. The van der Waals surface area contributed by atoms with Gasteiger partial charge in [-0.05, 0) is 37.1 Å². The predicted octanol–water partition coefficient (Wildman–Crippen LogP) is 3.55. The molecule has 1 unspecified atom stereocenters. The van der Waals surface area contributed by atoms with E-state index < -0.39 is 0 Å². The summed E-state index contributed by atoms with van der Waals surface area (Å²) in [4.78, 5) is 13.2. The maximum absolute atomic E-state index is 13.0. The summed E-state index contributed by atoms with van der Waals surface area (Å²) in [5.41, 5.74) is 9.38. The van der Waals surface area contributed by atoms with Gasteiger partial charge in [0.15, 0.2) is 5.15 Å². The Bertz CT molecular complexity index is 951. The number of rotatable bonds is 6. The third-order valence-electron chi connectivity index (χ3n) is 4.34. The summed E-state index contributed by atoms with van der Waals surface area (Å²) in [5, 5.41) is 9.51. The molecule has 8 heteroatoms. The standard InChI is InChI=1S/C19H20ClFN4OS/c1-11-17(25(2)24-18(11)20)13-8-16(27-10-13)19(26)23-15(9-22)7-12-3-5-14(21)6-4-12/h3-6,8,10,15H,7,9,22H2,1-2H3,(H,23,26). The fourth-order valence-corrected chi connectivity index (χ4v) is 3.93. The molecule has 142 valence electrons. The van der Waals surface area contributed by atoms with Crippen LogP contribution in [0.15, 0.2) is 35.7 Å². The minimum atomic E-state index is -0.288. The number of aryl methyl sites for hydroxylation is 1. The van der Waals surface area contributed by atoms with Crippen LogP contribution in [-0.2, 0) is 13.5 Å². The molecule has 0 saturated carbocycles. The van der Waals surface area contributed by atoms with Crippen molar-refractivity contribution in [2.75, 3.05) is 6.54 Å². The third-order valence-corrected chi connectivity index (χ3v) is 5.63. The molecule has 1 atom stereocenters. The van der Waals surface area contributed by atoms with Crippen LogP contribution >= 0.6 is 22.9 Å². The largest absolute Gasteiger partial charge is 0.347 e. The maximum Gasteiger partial charge on any atom is 0.261 e. The van der Waals surface area contributed by atoms with E-state index in [0.29, 0.717) is 16.5 Å². The summed E-state index contributed by atoms with van der Waals surface area (Å²) in [6, 6.07) is 7.78. The van der Waals surface area contributed by atoms with Crippen LogP contribution in [0.5, 0.6) is 0 Å². The smallest absolute Gasteiger partial charge is 0.261 e. The van der Waals surface area contributed by atoms with Crippen molar-refractivity contribution >= 4 is 28.8 Å². The molecule has 0 spiro atoms. The zero-order chi connectivity index (χ0) is 19.6. The van der Waals surface area contributed by atoms with Crippen LogP contribution in [0.1, 0.15) is 20.8 Å². The first-order valence-corrected chi connectivity index (χ1v) is 9.68. The Balaban J connectivity index is 1.72. The van der Waals surface area contributed by atoms with Crippen LogP contribution in [0.3, 0.4) is 0 Å². The second kappa shape index (κ2) is 8.21. The van der Waals surface area contributed by atoms with Crippen molar-refractivity contribution in [1.29, 1.82) is 0 Å². The number of hydrogen-bond acceptors (Lipinski definition) is 4. The number of benzene rings is 1. The first-order chi connectivity index (χ1) is 12.9. The van der Waals surface area contributed by atoms with E-state index in [2.05, 4.69) is 10.4 Å². The highest BCUT2D eigenvalue weighted by Crippen LogP contribution is 2.31. The molecule has 0 aliphatic carbocycles. The Morgan fingerprint density at radius 2 is 2.11 bits per heavy atom. The van der Waals surface area contributed by atoms with Crippen LogP contribution in [0, 0.1) is 12.7 Å². The molecule has 2 aromatic heterocycles. The number of carbonyl (C=O) groups is 1. The molecule has 1 amide bonds. The van der Waals surface area contributed by atoms with Crippen LogP contribution in [0.25, 0.3) is 11.3 Å². The lowest BCUT2D eigenvalue weighted by Crippen LogP contribution is -2.41. The summed E-state index contributed by atoms with van der Waals surface area (Å²) < 4.78 is 14.7. The van der Waals surface area contributed by atoms with Crippen molar-refractivity contribution in [2.24, 2.45) is 12.8 Å². The fourth-order valence-electron chi connectivity index (χ4n) is 2.93. The lowest BCUT2D eigenvalue weighted by Gasteiger charge is -2.16. The molecule has 3 aromatic rings. The second-order valence-electron chi connectivity index (χ2n) is 6.32. The number of carbonyl (C=O) groups excluding carboxylic acids is 1. The average Bonchev–Trinajstić information content (AvgIpc) is 3.21. The Hall–Kier alpha value is -2.22. The first-order valence-electron chi connectivity index (χ1n) is 8.42. The van der Waals surface area contributed by atoms with E-state index in [1.54, 1.807) is 16.8 Å². The van der Waals surface area contributed by atoms with Crippen molar-refractivity contribution in [3.63, 3.8) is 0 Å². The highest BCUT2D eigenvalue weighted by molar-refractivity contribution is 7.12. The molecule has 0 saturated heterocycles. The van der Waals surface area contributed by atoms with Gasteiger partial charge < -0.3 is 11.1 Å². The van der Waals surface area contributed by atoms with Crippen molar-refractivity contribution in [3.05, 3.63) is 62.7 Å². The number of halogens is 2. The second-order valence-corrected chi connectivity index (χ2v) is 7.59. The summed E-state index contributed by atoms with van der Waals surface area (Å²) in [6.45, 7) is 2.19. The van der Waals surface area contributed by atoms with Gasteiger partial charge in [-0.2, -0.15) is 5.10 Å². The number of thiophene rings is 1. The van der Waals surface area contributed by atoms with Gasteiger partial charge in [-0.25, -0.2) is 4.39 Å². The van der Waals surface area contributed by atoms with Gasteiger partial charge in [-0.3, -0.25) is 9.48 Å². The van der Waals surface area contributed by atoms with Gasteiger partial charge in [0.25, 0.3) is 5.91 Å². The van der Waals surface area contributed by atoms with Gasteiger partial charge in [0, 0.05) is 36.1 Å². The topological polar surface area (TPSA) is 72.9 Å². The molecule has 0 bridgehead atoms. The molecule has 0 aliphatic rings. The van der Waals surface area contributed by atoms with Crippen LogP contribution < -0.4 is 11.1 Å². The lowest BCUT2D eigenvalue weighted by atomic mass is 10.1. The minimum absolute atomic E-state index is 0.185. The molecule has 0 aliphatic heterocycles. The van der Waals surface area contributed by atoms with Gasteiger partial charge in [-0.1, -0.05) is 23.7 Å². The van der Waals surface area contributed by atoms with Crippen molar-refractivity contribution < 1.29 is 9.18 Å². The molecule has 3 rings (SSSR count). The zero-order valence-corrected chi connectivity index (χ0v) is 16.6. The molecule has 2 heterocycles. The third kappa shape index (κ3) is 4.37. The number of hydrogen-bond donors (Lipinski definition) is 2. The van der Waals surface area contributed by atoms with Gasteiger partial charge in [-0.15, -0.1) is 11.3 Å². The van der Waals surface area contributed by atoms with Crippen molar-refractivity contribution in [3.8, 4) is 11.3 Å². The van der Waals surface area contributed by atoms with E-state index in [4.69, 9.17) is 17.3 Å². The number of nitrogens with two attached hydrogens (primary N) is 1. The maximum atomic E-state index is 13.0. The summed E-state index contributed by atoms with van der Waals surface area (Å²) in [5.74, 6) is -0.474. The zero-order valence-electron chi connectivity index (χ0n) is 15.0. The quantitative estimate of drug-likeness (QED) is 0.657. The SMILES string of the molecule is Cc1c(Cl)nn(C)c1-c1csc(C(=O)NC(CN)Cc2ccc(F)cc2)c1. The van der Waals surface area contributed by atoms with E-state index >= 15 is 0 Å². The summed E-state index contributed by atoms with van der Waals surface area (Å²) >= 11 is 7.44. The van der Waals surface area contributed by atoms with Gasteiger partial charge in [0.2, 0.25) is 0 Å². The number of amides is 1. The average molecular weight is 407 g/mol. The number of nitrogens with zero attached hydrogens (tertiary/aromatic N) is 2. The number of aromatic nitrogens is 2. The Morgan fingerprint density at radius 3 is 2.70 bits per heavy atom. The molecule has 3 N–H and O–H groups in total. The van der Waals surface area contributed by atoms with E-state index in [0.717, 1.165) is 22.4 Å². The van der Waals surface area contributed by atoms with E-state index in [1.165, 1.54) is 23.5 Å². The van der Waals surface area contributed by atoms with Crippen molar-refractivity contribution in [1.82, 2.24) is 15.1 Å². The molecule has 5 nitrogen and oxygen atoms in total. The fraction of sp³-hybridized carbons (Fsp3) is 0.263. The van der Waals surface area contributed by atoms with Crippen LogP contribution in [-0.4, -0.2) is 28.3 Å². The molecular formula is C19H20ClFN4OS. The lowest BCUT2D eigenvalue weighted by molar-refractivity contribution is 0.0942. The predicted molar refractivity (Wildman–Crippen MR) is 107 cm³/mol. The van der Waals surface area contributed by atoms with Crippen LogP contribution in [0.2, 0.25) is 5.15 Å². The van der Waals surface area contributed by atoms with Crippen molar-refractivity contribution in [2.45, 2.75) is 19.4 Å². The highest BCUT2D eigenvalue weighted by Gasteiger charge is 2.18. The van der Waals surface area contributed by atoms with E-state index in [9.17, 15) is 9.18 Å². The van der Waals surface area contributed by atoms with Gasteiger partial charge in [0.05, 0.1) is 10.6 Å². The first kappa shape index (κ1) is 19.5. The minimum Gasteiger partial charge on any atom is -0.347 e. The Labute approximate surface area is 166 Å². The van der Waals surface area contributed by atoms with E-state index in [1.807, 2.05) is 25.4 Å². The normalized spacial score (nSPS) is 12.2. The van der Waals surface area contributed by atoms with Gasteiger partial charge >= 0.3 is 0 Å². The van der Waals surface area contributed by atoms with Crippen LogP contribution in [0.4, 0.5) is 4.39 Å². The molecular weight excluding hydrogens is 387 g/mol. The molecule has 1 aromatic carbocycles. The summed E-state index contributed by atoms with van der Waals surface area (Å²) in [7, 11) is 1.82. The number of nitrogens with one attached hydrogen (secondary N) is 1. The molecule has 27 heavy (non-hydrogen) atoms.